The SMILES string of the molecule is Cc1sc2nc(-c3ccc(N)cc3)cn2c1-c1ccc2c(c1)OCCO2. The van der Waals surface area contributed by atoms with E-state index in [1.54, 1.807) is 11.3 Å². The second kappa shape index (κ2) is 5.78. The third kappa shape index (κ3) is 2.42. The Hall–Kier alpha value is -2.99. The van der Waals surface area contributed by atoms with E-state index in [1.165, 1.54) is 4.88 Å². The highest BCUT2D eigenvalue weighted by molar-refractivity contribution is 7.17. The maximum absolute atomic E-state index is 5.79. The zero-order chi connectivity index (χ0) is 17.7. The summed E-state index contributed by atoms with van der Waals surface area (Å²) in [6, 6.07) is 13.9. The van der Waals surface area contributed by atoms with Crippen molar-refractivity contribution in [2.24, 2.45) is 0 Å². The van der Waals surface area contributed by atoms with Gasteiger partial charge in [-0.05, 0) is 37.3 Å². The molecule has 1 aliphatic rings. The van der Waals surface area contributed by atoms with Crippen LogP contribution in [0.15, 0.2) is 48.7 Å². The molecule has 5 nitrogen and oxygen atoms in total. The van der Waals surface area contributed by atoms with Crippen LogP contribution in [0.2, 0.25) is 0 Å². The number of benzene rings is 2. The van der Waals surface area contributed by atoms with Crippen LogP contribution < -0.4 is 15.2 Å². The van der Waals surface area contributed by atoms with Gasteiger partial charge in [0.15, 0.2) is 16.5 Å². The van der Waals surface area contributed by atoms with Gasteiger partial charge in [0.2, 0.25) is 0 Å². The number of hydrogen-bond acceptors (Lipinski definition) is 5. The summed E-state index contributed by atoms with van der Waals surface area (Å²) in [5, 5.41) is 0. The lowest BCUT2D eigenvalue weighted by Crippen LogP contribution is -2.15. The van der Waals surface area contributed by atoms with Gasteiger partial charge < -0.3 is 15.2 Å². The predicted octanol–water partition coefficient (Wildman–Crippen LogP) is 4.39. The molecule has 0 spiro atoms. The van der Waals surface area contributed by atoms with Crippen molar-refractivity contribution < 1.29 is 9.47 Å². The van der Waals surface area contributed by atoms with E-state index in [4.69, 9.17) is 20.2 Å². The topological polar surface area (TPSA) is 61.8 Å². The molecular formula is C20H17N3O2S. The number of anilines is 1. The highest BCUT2D eigenvalue weighted by atomic mass is 32.1. The number of hydrogen-bond donors (Lipinski definition) is 1. The second-order valence-corrected chi connectivity index (χ2v) is 7.45. The third-order valence-corrected chi connectivity index (χ3v) is 5.48. The highest BCUT2D eigenvalue weighted by Crippen LogP contribution is 2.38. The normalized spacial score (nSPS) is 13.3. The van der Waals surface area contributed by atoms with Gasteiger partial charge in [-0.2, -0.15) is 0 Å². The Bertz CT molecular complexity index is 1110. The Morgan fingerprint density at radius 3 is 2.54 bits per heavy atom. The molecule has 0 saturated heterocycles. The first-order valence-electron chi connectivity index (χ1n) is 8.43. The van der Waals surface area contributed by atoms with E-state index in [2.05, 4.69) is 23.6 Å². The van der Waals surface area contributed by atoms with E-state index in [0.29, 0.717) is 13.2 Å². The molecule has 2 N–H and O–H groups in total. The van der Waals surface area contributed by atoms with E-state index >= 15 is 0 Å². The van der Waals surface area contributed by atoms with Gasteiger partial charge in [0.25, 0.3) is 0 Å². The first-order chi connectivity index (χ1) is 12.7. The van der Waals surface area contributed by atoms with Crippen LogP contribution in [0.25, 0.3) is 27.5 Å². The number of aromatic nitrogens is 2. The van der Waals surface area contributed by atoms with Gasteiger partial charge in [0.05, 0.1) is 11.4 Å². The van der Waals surface area contributed by atoms with Crippen molar-refractivity contribution in [1.29, 1.82) is 0 Å². The van der Waals surface area contributed by atoms with Gasteiger partial charge in [0.1, 0.15) is 13.2 Å². The molecular weight excluding hydrogens is 346 g/mol. The lowest BCUT2D eigenvalue weighted by Gasteiger charge is -2.18. The Morgan fingerprint density at radius 1 is 1.00 bits per heavy atom. The standard InChI is InChI=1S/C20H17N3O2S/c1-12-19(14-4-7-17-18(10-14)25-9-8-24-17)23-11-16(22-20(23)26-12)13-2-5-15(21)6-3-13/h2-7,10-11H,8-9,21H2,1H3. The van der Waals surface area contributed by atoms with E-state index < -0.39 is 0 Å². The Balaban J connectivity index is 1.63. The van der Waals surface area contributed by atoms with Crippen LogP contribution in [0.4, 0.5) is 5.69 Å². The van der Waals surface area contributed by atoms with Crippen molar-refractivity contribution in [2.75, 3.05) is 18.9 Å². The summed E-state index contributed by atoms with van der Waals surface area (Å²) in [5.41, 5.74) is 10.8. The molecule has 0 bridgehead atoms. The molecule has 0 unspecified atom stereocenters. The van der Waals surface area contributed by atoms with Gasteiger partial charge in [-0.1, -0.05) is 12.1 Å². The summed E-state index contributed by atoms with van der Waals surface area (Å²) in [5.74, 6) is 1.60. The molecule has 1 aliphatic heterocycles. The number of thiazole rings is 1. The average molecular weight is 363 g/mol. The number of imidazole rings is 1. The number of aryl methyl sites for hydroxylation is 1. The predicted molar refractivity (Wildman–Crippen MR) is 104 cm³/mol. The summed E-state index contributed by atoms with van der Waals surface area (Å²) in [7, 11) is 0. The molecule has 3 heterocycles. The minimum Gasteiger partial charge on any atom is -0.486 e. The van der Waals surface area contributed by atoms with Gasteiger partial charge >= 0.3 is 0 Å². The Morgan fingerprint density at radius 2 is 1.73 bits per heavy atom. The van der Waals surface area contributed by atoms with Crippen molar-refractivity contribution in [3.05, 3.63) is 53.5 Å². The number of nitrogens with two attached hydrogens (primary N) is 1. The maximum Gasteiger partial charge on any atom is 0.194 e. The fraction of sp³-hybridized carbons (Fsp3) is 0.150. The van der Waals surface area contributed by atoms with Crippen LogP contribution in [0, 0.1) is 6.92 Å². The van der Waals surface area contributed by atoms with Gasteiger partial charge in [0, 0.05) is 27.9 Å². The van der Waals surface area contributed by atoms with Gasteiger partial charge in [-0.25, -0.2) is 4.98 Å². The summed E-state index contributed by atoms with van der Waals surface area (Å²) in [4.78, 5) is 6.98. The summed E-state index contributed by atoms with van der Waals surface area (Å²) < 4.78 is 13.5. The molecule has 26 heavy (non-hydrogen) atoms. The van der Waals surface area contributed by atoms with Crippen molar-refractivity contribution in [3.8, 4) is 34.0 Å². The summed E-state index contributed by atoms with van der Waals surface area (Å²) in [6.45, 7) is 3.30. The van der Waals surface area contributed by atoms with Crippen molar-refractivity contribution in [1.82, 2.24) is 9.38 Å². The number of nitrogens with zero attached hydrogens (tertiary/aromatic N) is 2. The first kappa shape index (κ1) is 15.3. The molecule has 2 aromatic carbocycles. The van der Waals surface area contributed by atoms with Crippen LogP contribution in [-0.2, 0) is 0 Å². The van der Waals surface area contributed by atoms with E-state index in [0.717, 1.165) is 44.7 Å². The first-order valence-corrected chi connectivity index (χ1v) is 9.25. The fourth-order valence-corrected chi connectivity index (χ4v) is 4.25. The average Bonchev–Trinajstić information content (AvgIpc) is 3.18. The molecule has 0 aliphatic carbocycles. The molecule has 0 atom stereocenters. The van der Waals surface area contributed by atoms with Crippen LogP contribution in [0.3, 0.4) is 0 Å². The van der Waals surface area contributed by atoms with E-state index in [9.17, 15) is 0 Å². The quantitative estimate of drug-likeness (QED) is 0.537. The van der Waals surface area contributed by atoms with Gasteiger partial charge in [-0.3, -0.25) is 4.40 Å². The van der Waals surface area contributed by atoms with Crippen LogP contribution >= 0.6 is 11.3 Å². The van der Waals surface area contributed by atoms with Crippen LogP contribution in [-0.4, -0.2) is 22.6 Å². The molecule has 0 saturated carbocycles. The third-order valence-electron chi connectivity index (χ3n) is 4.51. The zero-order valence-corrected chi connectivity index (χ0v) is 15.0. The van der Waals surface area contributed by atoms with Crippen LogP contribution in [0.1, 0.15) is 4.88 Å². The lowest BCUT2D eigenvalue weighted by atomic mass is 10.1. The zero-order valence-electron chi connectivity index (χ0n) is 14.2. The molecule has 0 fully saturated rings. The molecule has 5 rings (SSSR count). The molecule has 6 heteroatoms. The molecule has 0 amide bonds. The summed E-state index contributed by atoms with van der Waals surface area (Å²) >= 11 is 1.68. The smallest absolute Gasteiger partial charge is 0.194 e. The van der Waals surface area contributed by atoms with E-state index in [-0.39, 0.29) is 0 Å². The highest BCUT2D eigenvalue weighted by Gasteiger charge is 2.18. The largest absolute Gasteiger partial charge is 0.486 e. The Kier molecular flexibility index (Phi) is 3.39. The molecule has 4 aromatic rings. The maximum atomic E-state index is 5.79. The monoisotopic (exact) mass is 363 g/mol. The minimum atomic E-state index is 0.584. The number of fused-ring (bicyclic) bond motifs is 2. The lowest BCUT2D eigenvalue weighted by molar-refractivity contribution is 0.171. The fourth-order valence-electron chi connectivity index (χ4n) is 3.28. The van der Waals surface area contributed by atoms with Crippen molar-refractivity contribution >= 4 is 22.0 Å². The molecule has 0 radical (unpaired) electrons. The van der Waals surface area contributed by atoms with Crippen molar-refractivity contribution in [3.63, 3.8) is 0 Å². The molecule has 2 aromatic heterocycles. The molecule has 130 valence electrons. The minimum absolute atomic E-state index is 0.584. The Labute approximate surface area is 154 Å². The van der Waals surface area contributed by atoms with E-state index in [1.807, 2.05) is 36.4 Å². The van der Waals surface area contributed by atoms with Crippen LogP contribution in [0.5, 0.6) is 11.5 Å². The number of ether oxygens (including phenoxy) is 2. The number of nitrogen functional groups attached to an aromatic ring is 1. The second-order valence-electron chi connectivity index (χ2n) is 6.27. The van der Waals surface area contributed by atoms with Crippen molar-refractivity contribution in [2.45, 2.75) is 6.92 Å². The summed E-state index contributed by atoms with van der Waals surface area (Å²) in [6.07, 6.45) is 2.08. The van der Waals surface area contributed by atoms with Gasteiger partial charge in [-0.15, -0.1) is 11.3 Å². The number of rotatable bonds is 2.